The number of nitrogens with one attached hydrogen (secondary N) is 1. The third-order valence-corrected chi connectivity index (χ3v) is 11.9. The van der Waals surface area contributed by atoms with Gasteiger partial charge in [-0.3, -0.25) is 14.4 Å². The lowest BCUT2D eigenvalue weighted by molar-refractivity contribution is -0.160. The molecule has 1 fully saturated rings. The molecule has 5 N–H and O–H groups in total. The number of carbonyl (C=O) groups is 3. The van der Waals surface area contributed by atoms with Crippen molar-refractivity contribution in [2.45, 2.75) is 118 Å². The second kappa shape index (κ2) is 16.9. The number of rotatable bonds is 3. The number of allylic oxidation sites excluding steroid dienone is 2. The Morgan fingerprint density at radius 2 is 1.66 bits per heavy atom. The molecule has 5 bridgehead atoms. The number of aliphatic hydroxyl groups excluding tert-OH is 2. The number of hydrogen-bond donors (Lipinski definition) is 5. The summed E-state index contributed by atoms with van der Waals surface area (Å²) in [5, 5.41) is 49.4. The smallest absolute Gasteiger partial charge is 0.312 e. The molecule has 56 heavy (non-hydrogen) atoms. The number of aromatic hydroxyl groups is 2. The van der Waals surface area contributed by atoms with Crippen LogP contribution in [0, 0.1) is 30.6 Å². The lowest BCUT2D eigenvalue weighted by atomic mass is 9.78. The highest BCUT2D eigenvalue weighted by Crippen LogP contribution is 2.54. The number of piperidine rings is 1. The molecule has 0 saturated carbocycles. The van der Waals surface area contributed by atoms with Crippen LogP contribution in [-0.2, 0) is 23.8 Å². The normalized spacial score (nSPS) is 34.0. The van der Waals surface area contributed by atoms with Gasteiger partial charge in [-0.05, 0) is 52.2 Å². The van der Waals surface area contributed by atoms with Gasteiger partial charge in [0.05, 0.1) is 41.2 Å². The van der Waals surface area contributed by atoms with Crippen LogP contribution >= 0.6 is 0 Å². The van der Waals surface area contributed by atoms with E-state index < -0.39 is 77.3 Å². The molecule has 13 heteroatoms. The third kappa shape index (κ3) is 7.99. The molecule has 306 valence electrons. The zero-order valence-corrected chi connectivity index (χ0v) is 34.1. The quantitative estimate of drug-likeness (QED) is 0.170. The van der Waals surface area contributed by atoms with Crippen molar-refractivity contribution in [1.82, 2.24) is 0 Å². The Morgan fingerprint density at radius 3 is 2.30 bits per heavy atom. The Hall–Kier alpha value is -4.59. The average Bonchev–Trinajstić information content (AvgIpc) is 3.42. The van der Waals surface area contributed by atoms with E-state index in [1.54, 1.807) is 71.9 Å². The number of phenolic OH excluding ortho intramolecular Hbond substituents is 2. The molecule has 10 unspecified atom stereocenters. The van der Waals surface area contributed by atoms with Crippen LogP contribution in [0.5, 0.6) is 17.2 Å². The average molecular weight is 779 g/mol. The molecule has 1 amide bonds. The molecule has 13 nitrogen and oxygen atoms in total. The molecule has 2 aromatic rings. The maximum atomic E-state index is 14.6. The van der Waals surface area contributed by atoms with Gasteiger partial charge in [-0.1, -0.05) is 45.9 Å². The van der Waals surface area contributed by atoms with Gasteiger partial charge in [-0.2, -0.15) is 0 Å². The summed E-state index contributed by atoms with van der Waals surface area (Å²) in [5.41, 5.74) is 1.21. The Balaban J connectivity index is 1.70. The summed E-state index contributed by atoms with van der Waals surface area (Å²) >= 11 is 0. The van der Waals surface area contributed by atoms with E-state index in [9.17, 15) is 34.8 Å². The number of ketones is 1. The number of ether oxygens (including phenoxy) is 4. The van der Waals surface area contributed by atoms with Gasteiger partial charge >= 0.3 is 11.8 Å². The number of anilines is 2. The van der Waals surface area contributed by atoms with E-state index in [2.05, 4.69) is 17.1 Å². The van der Waals surface area contributed by atoms with Gasteiger partial charge in [0.15, 0.2) is 5.75 Å². The highest BCUT2D eigenvalue weighted by Gasteiger charge is 2.50. The fourth-order valence-corrected chi connectivity index (χ4v) is 8.33. The maximum absolute atomic E-state index is 14.6. The SMILES string of the molecule is COC1/C=C/OC2(C)Oc3c(C)c(O)c4c(O)c(cc(N5CCCCC5C)c4c3C2=O)NC(=O)/C(C)=C\C=C\C(C)C(O)C(C)C(O)C(C)C(OC(C)=O)C1C. The zero-order valence-electron chi connectivity index (χ0n) is 34.1. The topological polar surface area (TPSA) is 184 Å². The number of nitrogens with zero attached hydrogens (tertiary/aromatic N) is 1. The van der Waals surface area contributed by atoms with Gasteiger partial charge in [-0.15, -0.1) is 0 Å². The highest BCUT2D eigenvalue weighted by atomic mass is 16.7. The van der Waals surface area contributed by atoms with Crippen molar-refractivity contribution in [2.75, 3.05) is 23.9 Å². The predicted octanol–water partition coefficient (Wildman–Crippen LogP) is 6.43. The van der Waals surface area contributed by atoms with Crippen molar-refractivity contribution in [3.8, 4) is 17.2 Å². The van der Waals surface area contributed by atoms with Crippen molar-refractivity contribution in [2.24, 2.45) is 23.7 Å². The minimum atomic E-state index is -1.90. The van der Waals surface area contributed by atoms with Crippen LogP contribution in [0.1, 0.15) is 90.6 Å². The fourth-order valence-electron chi connectivity index (χ4n) is 8.33. The summed E-state index contributed by atoms with van der Waals surface area (Å²) in [5.74, 6) is -6.44. The van der Waals surface area contributed by atoms with Crippen LogP contribution in [0.15, 0.2) is 42.2 Å². The number of Topliss-reactive ketones (excluding diaryl/α,β-unsaturated/α-hetero) is 1. The van der Waals surface area contributed by atoms with E-state index in [4.69, 9.17) is 18.9 Å². The molecule has 1 saturated heterocycles. The number of carbonyl (C=O) groups excluding carboxylic acids is 3. The number of phenols is 2. The van der Waals surface area contributed by atoms with E-state index in [0.717, 1.165) is 19.3 Å². The Morgan fingerprint density at radius 1 is 0.964 bits per heavy atom. The minimum Gasteiger partial charge on any atom is -0.507 e. The van der Waals surface area contributed by atoms with Gasteiger partial charge in [0.1, 0.15) is 17.6 Å². The molecule has 10 atom stereocenters. The van der Waals surface area contributed by atoms with Gasteiger partial charge in [0.25, 0.3) is 11.7 Å². The van der Waals surface area contributed by atoms with E-state index in [1.807, 2.05) is 0 Å². The molecule has 4 aliphatic heterocycles. The fraction of sp³-hybridized carbons (Fsp3) is 0.558. The lowest BCUT2D eigenvalue weighted by Gasteiger charge is -2.38. The first-order valence-electron chi connectivity index (χ1n) is 19.5. The predicted molar refractivity (Wildman–Crippen MR) is 213 cm³/mol. The second-order valence-corrected chi connectivity index (χ2v) is 16.0. The van der Waals surface area contributed by atoms with E-state index >= 15 is 0 Å². The molecule has 2 aromatic carbocycles. The highest BCUT2D eigenvalue weighted by molar-refractivity contribution is 6.23. The molecule has 6 rings (SSSR count). The first-order valence-corrected chi connectivity index (χ1v) is 19.5. The molecule has 0 radical (unpaired) electrons. The minimum absolute atomic E-state index is 0.00225. The number of aliphatic hydroxyl groups is 2. The van der Waals surface area contributed by atoms with Gasteiger partial charge in [0.2, 0.25) is 0 Å². The third-order valence-electron chi connectivity index (χ3n) is 11.9. The first kappa shape index (κ1) is 42.6. The summed E-state index contributed by atoms with van der Waals surface area (Å²) < 4.78 is 23.9. The van der Waals surface area contributed by atoms with Crippen LogP contribution in [-0.4, -0.2) is 88.0 Å². The number of esters is 1. The largest absolute Gasteiger partial charge is 0.507 e. The Bertz CT molecular complexity index is 1940. The van der Waals surface area contributed by atoms with Gasteiger partial charge < -0.3 is 49.6 Å². The zero-order chi connectivity index (χ0) is 41.4. The molecule has 0 aromatic heterocycles. The van der Waals surface area contributed by atoms with Crippen LogP contribution in [0.2, 0.25) is 0 Å². The summed E-state index contributed by atoms with van der Waals surface area (Å²) in [6.07, 6.45) is 6.85. The lowest BCUT2D eigenvalue weighted by Crippen LogP contribution is -2.46. The Labute approximate surface area is 328 Å². The second-order valence-electron chi connectivity index (χ2n) is 16.0. The monoisotopic (exact) mass is 778 g/mol. The van der Waals surface area contributed by atoms with Crippen molar-refractivity contribution >= 4 is 39.8 Å². The van der Waals surface area contributed by atoms with E-state index in [0.29, 0.717) is 12.2 Å². The van der Waals surface area contributed by atoms with Crippen molar-refractivity contribution in [3.05, 3.63) is 53.3 Å². The van der Waals surface area contributed by atoms with Crippen LogP contribution in [0.25, 0.3) is 10.8 Å². The number of fused-ring (bicyclic) bond motifs is 14. The summed E-state index contributed by atoms with van der Waals surface area (Å²) in [6, 6.07) is 1.67. The summed E-state index contributed by atoms with van der Waals surface area (Å²) in [7, 11) is 1.47. The van der Waals surface area contributed by atoms with Gasteiger partial charge in [-0.25, -0.2) is 0 Å². The molecule has 4 aliphatic rings. The number of amides is 1. The summed E-state index contributed by atoms with van der Waals surface area (Å²) in [4.78, 5) is 42.6. The van der Waals surface area contributed by atoms with E-state index in [1.165, 1.54) is 27.2 Å². The standard InChI is InChI=1S/C43H58N2O11/c1-21-14-13-15-22(2)42(52)44-29-20-30(45-18-12-11-16-23(45)3)32-33(38(29)50)37(49)27(7)40-34(32)41(51)43(9,56-40)54-19-17-31(53-10)24(4)39(55-28(8)46)26(6)36(48)25(5)35(21)47/h13-15,17,19-21,23-26,31,35-36,39,47-50H,11-12,16,18H2,1-10H3,(H,44,52)/b14-13+,19-17+,22-15-. The van der Waals surface area contributed by atoms with Crippen LogP contribution < -0.4 is 15.0 Å². The number of hydrogen-bond acceptors (Lipinski definition) is 12. The van der Waals surface area contributed by atoms with Crippen molar-refractivity contribution < 1.29 is 53.8 Å². The molecular weight excluding hydrogens is 720 g/mol. The molecule has 0 spiro atoms. The first-order chi connectivity index (χ1) is 26.3. The number of methoxy groups -OCH3 is 1. The van der Waals surface area contributed by atoms with Gasteiger partial charge in [0, 0.05) is 79.4 Å². The van der Waals surface area contributed by atoms with Crippen molar-refractivity contribution in [1.29, 1.82) is 0 Å². The van der Waals surface area contributed by atoms with E-state index in [-0.39, 0.29) is 50.7 Å². The molecule has 0 aliphatic carbocycles. The summed E-state index contributed by atoms with van der Waals surface area (Å²) in [6.45, 7) is 15.7. The maximum Gasteiger partial charge on any atom is 0.312 e. The van der Waals surface area contributed by atoms with Crippen LogP contribution in [0.4, 0.5) is 11.4 Å². The number of benzene rings is 2. The molecular formula is C43H58N2O11. The van der Waals surface area contributed by atoms with Crippen molar-refractivity contribution in [3.63, 3.8) is 0 Å². The molecule has 4 heterocycles. The Kier molecular flexibility index (Phi) is 12.8. The van der Waals surface area contributed by atoms with Crippen LogP contribution in [0.3, 0.4) is 0 Å².